The van der Waals surface area contributed by atoms with Crippen LogP contribution in [0.5, 0.6) is 11.5 Å². The number of carboxylic acids is 1. The summed E-state index contributed by atoms with van der Waals surface area (Å²) >= 11 is 0. The van der Waals surface area contributed by atoms with Gasteiger partial charge in [0.1, 0.15) is 17.1 Å². The fraction of sp³-hybridized carbons (Fsp3) is 0.548. The van der Waals surface area contributed by atoms with E-state index in [9.17, 15) is 14.7 Å². The summed E-state index contributed by atoms with van der Waals surface area (Å²) in [6.45, 7) is 12.6. The van der Waals surface area contributed by atoms with Gasteiger partial charge in [0, 0.05) is 6.42 Å². The molecule has 2 aromatic rings. The van der Waals surface area contributed by atoms with Crippen molar-refractivity contribution >= 4 is 20.1 Å². The van der Waals surface area contributed by atoms with Gasteiger partial charge in [-0.15, -0.1) is 0 Å². The largest absolute Gasteiger partial charge is 0.496 e. The van der Waals surface area contributed by atoms with Gasteiger partial charge < -0.3 is 19.0 Å². The molecule has 1 N–H and O–H groups in total. The number of fused-ring (bicyclic) bond motifs is 1. The number of benzene rings is 2. The summed E-state index contributed by atoms with van der Waals surface area (Å²) in [4.78, 5) is 24.2. The van der Waals surface area contributed by atoms with Crippen LogP contribution >= 0.6 is 0 Å². The number of hydrogen-bond donors (Lipinski definition) is 1. The molecule has 3 rings (SSSR count). The Bertz CT molecular complexity index is 1100. The lowest BCUT2D eigenvalue weighted by molar-refractivity contribution is -0.137. The Morgan fingerprint density at radius 3 is 1.97 bits per heavy atom. The lowest BCUT2D eigenvalue weighted by Gasteiger charge is -2.42. The van der Waals surface area contributed by atoms with Crippen LogP contribution in [0.25, 0.3) is 0 Å². The maximum Gasteiger partial charge on any atom is 0.303 e. The van der Waals surface area contributed by atoms with E-state index in [4.69, 9.17) is 13.9 Å². The maximum atomic E-state index is 12.4. The van der Waals surface area contributed by atoms with Crippen molar-refractivity contribution in [3.63, 3.8) is 0 Å². The molecule has 0 aliphatic heterocycles. The van der Waals surface area contributed by atoms with E-state index in [0.717, 1.165) is 24.8 Å². The number of carbonyl (C=O) groups is 2. The number of carboxylic acid groups (broad SMARTS) is 1. The molecule has 0 amide bonds. The summed E-state index contributed by atoms with van der Waals surface area (Å²) in [7, 11) is 0.820. The van der Waals surface area contributed by atoms with Gasteiger partial charge >= 0.3 is 5.97 Å². The molecule has 0 spiro atoms. The minimum Gasteiger partial charge on any atom is -0.496 e. The zero-order valence-electron chi connectivity index (χ0n) is 24.2. The van der Waals surface area contributed by atoms with Crippen molar-refractivity contribution in [1.82, 2.24) is 0 Å². The zero-order valence-corrected chi connectivity index (χ0v) is 25.2. The highest BCUT2D eigenvalue weighted by Gasteiger charge is 2.42. The molecule has 1 aliphatic rings. The number of carbonyl (C=O) groups excluding carboxylic acids is 1. The molecule has 208 valence electrons. The smallest absolute Gasteiger partial charge is 0.303 e. The van der Waals surface area contributed by atoms with E-state index in [1.165, 1.54) is 18.1 Å². The molecule has 38 heavy (non-hydrogen) atoms. The Kier molecular flexibility index (Phi) is 9.47. The molecule has 0 saturated heterocycles. The highest BCUT2D eigenvalue weighted by atomic mass is 28.4. The predicted octanol–water partition coefficient (Wildman–Crippen LogP) is 7.26. The normalized spacial score (nSPS) is 15.6. The summed E-state index contributed by atoms with van der Waals surface area (Å²) in [6, 6.07) is 12.3. The van der Waals surface area contributed by atoms with Crippen LogP contribution in [-0.2, 0) is 22.1 Å². The Morgan fingerprint density at radius 2 is 1.55 bits per heavy atom. The van der Waals surface area contributed by atoms with E-state index in [0.29, 0.717) is 29.4 Å². The van der Waals surface area contributed by atoms with Crippen LogP contribution in [0.1, 0.15) is 80.1 Å². The summed E-state index contributed by atoms with van der Waals surface area (Å²) in [5, 5.41) is 9.59. The van der Waals surface area contributed by atoms with Gasteiger partial charge in [0.2, 0.25) is 0 Å². The van der Waals surface area contributed by atoms with E-state index in [-0.39, 0.29) is 29.3 Å². The van der Waals surface area contributed by atoms with Gasteiger partial charge in [-0.1, -0.05) is 45.0 Å². The van der Waals surface area contributed by atoms with Crippen LogP contribution in [0.15, 0.2) is 36.4 Å². The summed E-state index contributed by atoms with van der Waals surface area (Å²) in [6.07, 6.45) is 3.04. The highest BCUT2D eigenvalue weighted by Crippen LogP contribution is 2.47. The molecule has 0 radical (unpaired) electrons. The van der Waals surface area contributed by atoms with Crippen molar-refractivity contribution in [2.24, 2.45) is 11.8 Å². The van der Waals surface area contributed by atoms with Gasteiger partial charge in [-0.3, -0.25) is 9.59 Å². The number of ether oxygens (including phenoxy) is 2. The fourth-order valence-electron chi connectivity index (χ4n) is 5.32. The minimum atomic E-state index is -2.28. The van der Waals surface area contributed by atoms with E-state index >= 15 is 0 Å². The lowest BCUT2D eigenvalue weighted by atomic mass is 9.82. The third-order valence-electron chi connectivity index (χ3n) is 8.37. The van der Waals surface area contributed by atoms with Crippen molar-refractivity contribution in [2.45, 2.75) is 84.0 Å². The van der Waals surface area contributed by atoms with E-state index in [1.807, 2.05) is 12.1 Å². The molecule has 0 aromatic heterocycles. The molecule has 1 unspecified atom stereocenters. The standard InChI is InChI=1S/C31H44O6Si/c1-20(32)29-26(35-5)18-25(19-27(29)36-6)30(37-38(7,8)31(2,3)4)24(13-14-28(33)34)17-21-15-22-11-9-10-12-23(22)16-21/h9-12,18-19,21,24,30H,13-17H2,1-8H3,(H,33,34)/t24?,30-/m0/s1. The van der Waals surface area contributed by atoms with Gasteiger partial charge in [0.15, 0.2) is 14.1 Å². The lowest BCUT2D eigenvalue weighted by Crippen LogP contribution is -2.43. The number of Topliss-reactive ketones (excluding diaryl/α,β-unsaturated/α-hetero) is 1. The average molecular weight is 541 g/mol. The van der Waals surface area contributed by atoms with E-state index < -0.39 is 14.3 Å². The van der Waals surface area contributed by atoms with Gasteiger partial charge in [0.05, 0.1) is 20.3 Å². The molecule has 2 aromatic carbocycles. The van der Waals surface area contributed by atoms with Gasteiger partial charge in [0.25, 0.3) is 0 Å². The minimum absolute atomic E-state index is 0.0304. The first-order chi connectivity index (χ1) is 17.8. The Balaban J connectivity index is 2.10. The molecule has 2 atom stereocenters. The van der Waals surface area contributed by atoms with Gasteiger partial charge in [-0.05, 0) is 91.4 Å². The molecular formula is C31H44O6Si. The van der Waals surface area contributed by atoms with Crippen LogP contribution in [-0.4, -0.2) is 39.4 Å². The van der Waals surface area contributed by atoms with Crippen LogP contribution in [0, 0.1) is 11.8 Å². The average Bonchev–Trinajstić information content (AvgIpc) is 3.25. The number of ketones is 1. The first kappa shape index (κ1) is 29.9. The first-order valence-corrected chi connectivity index (χ1v) is 16.4. The second kappa shape index (κ2) is 12.0. The number of aliphatic carboxylic acids is 1. The highest BCUT2D eigenvalue weighted by molar-refractivity contribution is 6.74. The first-order valence-electron chi connectivity index (χ1n) is 13.5. The SMILES string of the molecule is COc1cc([C@@H](O[Si](C)(C)C(C)(C)C)C(CCC(=O)O)CC2Cc3ccccc3C2)cc(OC)c1C(C)=O. The molecule has 0 fully saturated rings. The van der Waals surface area contributed by atoms with Gasteiger partial charge in [-0.25, -0.2) is 0 Å². The topological polar surface area (TPSA) is 82.1 Å². The molecular weight excluding hydrogens is 496 g/mol. The molecule has 0 bridgehead atoms. The van der Waals surface area contributed by atoms with Crippen molar-refractivity contribution in [3.8, 4) is 11.5 Å². The number of hydrogen-bond acceptors (Lipinski definition) is 5. The maximum absolute atomic E-state index is 12.4. The summed E-state index contributed by atoms with van der Waals surface area (Å²) < 4.78 is 18.4. The molecule has 7 heteroatoms. The van der Waals surface area contributed by atoms with Crippen LogP contribution in [0.3, 0.4) is 0 Å². The summed E-state index contributed by atoms with van der Waals surface area (Å²) in [5.41, 5.74) is 4.02. The quantitative estimate of drug-likeness (QED) is 0.225. The second-order valence-electron chi connectivity index (χ2n) is 12.1. The second-order valence-corrected chi connectivity index (χ2v) is 16.9. The monoisotopic (exact) mass is 540 g/mol. The Hall–Kier alpha value is -2.64. The van der Waals surface area contributed by atoms with Crippen LogP contribution in [0.4, 0.5) is 0 Å². The van der Waals surface area contributed by atoms with Crippen LogP contribution < -0.4 is 9.47 Å². The summed E-state index contributed by atoms with van der Waals surface area (Å²) in [5.74, 6) is 0.326. The number of rotatable bonds is 12. The Morgan fingerprint density at radius 1 is 1.03 bits per heavy atom. The van der Waals surface area contributed by atoms with E-state index in [1.54, 1.807) is 14.2 Å². The molecule has 0 saturated carbocycles. The van der Waals surface area contributed by atoms with E-state index in [2.05, 4.69) is 58.1 Å². The third-order valence-corrected chi connectivity index (χ3v) is 12.8. The van der Waals surface area contributed by atoms with Crippen LogP contribution in [0.2, 0.25) is 18.1 Å². The third kappa shape index (κ3) is 6.86. The van der Waals surface area contributed by atoms with Crippen molar-refractivity contribution < 1.29 is 28.6 Å². The molecule has 6 nitrogen and oxygen atoms in total. The number of methoxy groups -OCH3 is 2. The molecule has 1 aliphatic carbocycles. The van der Waals surface area contributed by atoms with Crippen molar-refractivity contribution in [2.75, 3.05) is 14.2 Å². The van der Waals surface area contributed by atoms with Gasteiger partial charge in [-0.2, -0.15) is 0 Å². The Labute approximate surface area is 228 Å². The predicted molar refractivity (Wildman–Crippen MR) is 153 cm³/mol. The van der Waals surface area contributed by atoms with Crippen molar-refractivity contribution in [3.05, 3.63) is 58.7 Å². The van der Waals surface area contributed by atoms with Crippen molar-refractivity contribution in [1.29, 1.82) is 0 Å². The fourth-order valence-corrected chi connectivity index (χ4v) is 6.64. The zero-order chi connectivity index (χ0) is 28.3. The molecule has 0 heterocycles.